The van der Waals surface area contributed by atoms with Crippen LogP contribution >= 0.6 is 0 Å². The standard InChI is InChI=1S/C21H25N3O3S/c25-21(23-12-15-8-9-17-13-22-14-18(17)10-15)16-4-3-7-20(11-16)28(26,27)24-19-5-1-2-6-19/h3-4,7-11,19,22,24H,1-2,5-6,12-14H2,(H,23,25). The van der Waals surface area contributed by atoms with Crippen molar-refractivity contribution in [3.8, 4) is 0 Å². The van der Waals surface area contributed by atoms with Gasteiger partial charge in [0.15, 0.2) is 0 Å². The fourth-order valence-electron chi connectivity index (χ4n) is 3.88. The van der Waals surface area contributed by atoms with E-state index in [1.165, 1.54) is 23.3 Å². The highest BCUT2D eigenvalue weighted by Gasteiger charge is 2.23. The Morgan fingerprint density at radius 3 is 2.64 bits per heavy atom. The maximum atomic E-state index is 12.6. The van der Waals surface area contributed by atoms with Crippen molar-refractivity contribution < 1.29 is 13.2 Å². The molecule has 0 bridgehead atoms. The molecule has 1 amide bonds. The minimum Gasteiger partial charge on any atom is -0.348 e. The van der Waals surface area contributed by atoms with Gasteiger partial charge in [-0.1, -0.05) is 37.1 Å². The number of carbonyl (C=O) groups excluding carboxylic acids is 1. The lowest BCUT2D eigenvalue weighted by atomic mass is 10.1. The summed E-state index contributed by atoms with van der Waals surface area (Å²) in [4.78, 5) is 12.7. The van der Waals surface area contributed by atoms with Crippen LogP contribution in [0.15, 0.2) is 47.4 Å². The Hall–Kier alpha value is -2.22. The summed E-state index contributed by atoms with van der Waals surface area (Å²) in [6, 6.07) is 12.4. The van der Waals surface area contributed by atoms with E-state index in [4.69, 9.17) is 0 Å². The first kappa shape index (κ1) is 19.1. The van der Waals surface area contributed by atoms with Gasteiger partial charge in [-0.25, -0.2) is 13.1 Å². The van der Waals surface area contributed by atoms with Gasteiger partial charge < -0.3 is 10.6 Å². The van der Waals surface area contributed by atoms with Crippen LogP contribution < -0.4 is 15.4 Å². The van der Waals surface area contributed by atoms with E-state index >= 15 is 0 Å². The molecule has 1 aliphatic heterocycles. The Kier molecular flexibility index (Phi) is 5.48. The molecule has 0 aromatic heterocycles. The average molecular weight is 400 g/mol. The molecule has 0 atom stereocenters. The van der Waals surface area contributed by atoms with Crippen LogP contribution in [0.3, 0.4) is 0 Å². The first-order valence-electron chi connectivity index (χ1n) is 9.73. The molecule has 28 heavy (non-hydrogen) atoms. The SMILES string of the molecule is O=C(NCc1ccc2c(c1)CNC2)c1cccc(S(=O)(=O)NC2CCCC2)c1. The third-order valence-electron chi connectivity index (χ3n) is 5.44. The second-order valence-electron chi connectivity index (χ2n) is 7.52. The molecule has 6 nitrogen and oxygen atoms in total. The maximum Gasteiger partial charge on any atom is 0.251 e. The minimum atomic E-state index is -3.61. The van der Waals surface area contributed by atoms with Gasteiger partial charge in [-0.05, 0) is 47.7 Å². The molecule has 0 saturated heterocycles. The fourth-order valence-corrected chi connectivity index (χ4v) is 5.23. The molecule has 1 fully saturated rings. The molecule has 148 valence electrons. The van der Waals surface area contributed by atoms with Crippen molar-refractivity contribution in [1.82, 2.24) is 15.4 Å². The Labute approximate surface area is 165 Å². The number of hydrogen-bond acceptors (Lipinski definition) is 4. The van der Waals surface area contributed by atoms with Gasteiger partial charge >= 0.3 is 0 Å². The highest BCUT2D eigenvalue weighted by atomic mass is 32.2. The smallest absolute Gasteiger partial charge is 0.251 e. The summed E-state index contributed by atoms with van der Waals surface area (Å²) in [6.45, 7) is 2.15. The molecule has 1 saturated carbocycles. The quantitative estimate of drug-likeness (QED) is 0.696. The lowest BCUT2D eigenvalue weighted by Gasteiger charge is -2.13. The molecular formula is C21H25N3O3S. The molecule has 0 radical (unpaired) electrons. The van der Waals surface area contributed by atoms with Crippen LogP contribution in [0, 0.1) is 0 Å². The van der Waals surface area contributed by atoms with Crippen LogP contribution in [0.4, 0.5) is 0 Å². The van der Waals surface area contributed by atoms with Crippen LogP contribution in [0.5, 0.6) is 0 Å². The van der Waals surface area contributed by atoms with Gasteiger partial charge in [-0.15, -0.1) is 0 Å². The zero-order chi connectivity index (χ0) is 19.6. The van der Waals surface area contributed by atoms with Crippen LogP contribution in [0.1, 0.15) is 52.7 Å². The normalized spacial score (nSPS) is 16.9. The zero-order valence-corrected chi connectivity index (χ0v) is 16.5. The molecule has 0 unspecified atom stereocenters. The summed E-state index contributed by atoms with van der Waals surface area (Å²) in [5.41, 5.74) is 3.93. The number of hydrogen-bond donors (Lipinski definition) is 3. The molecule has 2 aromatic rings. The van der Waals surface area contributed by atoms with E-state index in [-0.39, 0.29) is 16.8 Å². The summed E-state index contributed by atoms with van der Waals surface area (Å²) in [7, 11) is -3.61. The fraction of sp³-hybridized carbons (Fsp3) is 0.381. The number of rotatable bonds is 6. The maximum absolute atomic E-state index is 12.6. The van der Waals surface area contributed by atoms with Gasteiger partial charge in [-0.3, -0.25) is 4.79 Å². The van der Waals surface area contributed by atoms with Crippen LogP contribution in [0.25, 0.3) is 0 Å². The molecule has 0 spiro atoms. The molecule has 3 N–H and O–H groups in total. The summed E-state index contributed by atoms with van der Waals surface area (Å²) >= 11 is 0. The van der Waals surface area contributed by atoms with E-state index in [1.807, 2.05) is 6.07 Å². The van der Waals surface area contributed by atoms with E-state index in [1.54, 1.807) is 12.1 Å². The number of sulfonamides is 1. The predicted octanol–water partition coefficient (Wildman–Crippen LogP) is 2.44. The average Bonchev–Trinajstić information content (AvgIpc) is 3.37. The van der Waals surface area contributed by atoms with Gasteiger partial charge in [0.2, 0.25) is 10.0 Å². The topological polar surface area (TPSA) is 87.3 Å². The second-order valence-corrected chi connectivity index (χ2v) is 9.23. The molecular weight excluding hydrogens is 374 g/mol. The van der Waals surface area contributed by atoms with E-state index in [2.05, 4.69) is 27.5 Å². The first-order valence-corrected chi connectivity index (χ1v) is 11.2. The second kappa shape index (κ2) is 8.03. The van der Waals surface area contributed by atoms with Crippen molar-refractivity contribution in [2.75, 3.05) is 0 Å². The lowest BCUT2D eigenvalue weighted by molar-refractivity contribution is 0.0950. The zero-order valence-electron chi connectivity index (χ0n) is 15.7. The molecule has 1 aliphatic carbocycles. The van der Waals surface area contributed by atoms with Crippen LogP contribution in [0.2, 0.25) is 0 Å². The highest BCUT2D eigenvalue weighted by molar-refractivity contribution is 7.89. The number of benzene rings is 2. The van der Waals surface area contributed by atoms with Gasteiger partial charge in [0.05, 0.1) is 4.90 Å². The summed E-state index contributed by atoms with van der Waals surface area (Å²) < 4.78 is 28.0. The van der Waals surface area contributed by atoms with Crippen molar-refractivity contribution in [2.24, 2.45) is 0 Å². The molecule has 2 aromatic carbocycles. The lowest BCUT2D eigenvalue weighted by Crippen LogP contribution is -2.32. The van der Waals surface area contributed by atoms with Gasteiger partial charge in [0.1, 0.15) is 0 Å². The Morgan fingerprint density at radius 1 is 1.04 bits per heavy atom. The highest BCUT2D eigenvalue weighted by Crippen LogP contribution is 2.21. The van der Waals surface area contributed by atoms with E-state index < -0.39 is 10.0 Å². The number of amides is 1. The Balaban J connectivity index is 1.42. The Bertz CT molecular complexity index is 982. The number of carbonyl (C=O) groups is 1. The third-order valence-corrected chi connectivity index (χ3v) is 6.96. The third kappa shape index (κ3) is 4.27. The largest absolute Gasteiger partial charge is 0.348 e. The molecule has 1 heterocycles. The van der Waals surface area contributed by atoms with Crippen molar-refractivity contribution in [1.29, 1.82) is 0 Å². The summed E-state index contributed by atoms with van der Waals surface area (Å²) in [5.74, 6) is -0.281. The van der Waals surface area contributed by atoms with E-state index in [9.17, 15) is 13.2 Å². The van der Waals surface area contributed by atoms with Crippen molar-refractivity contribution in [3.05, 3.63) is 64.7 Å². The van der Waals surface area contributed by atoms with Crippen molar-refractivity contribution >= 4 is 15.9 Å². The number of fused-ring (bicyclic) bond motifs is 1. The van der Waals surface area contributed by atoms with Crippen LogP contribution in [-0.2, 0) is 29.7 Å². The van der Waals surface area contributed by atoms with Gasteiger partial charge in [0, 0.05) is 31.2 Å². The van der Waals surface area contributed by atoms with Crippen LogP contribution in [-0.4, -0.2) is 20.4 Å². The predicted molar refractivity (Wildman–Crippen MR) is 107 cm³/mol. The van der Waals surface area contributed by atoms with Crippen molar-refractivity contribution in [2.45, 2.75) is 56.3 Å². The molecule has 7 heteroatoms. The molecule has 2 aliphatic rings. The first-order chi connectivity index (χ1) is 13.5. The van der Waals surface area contributed by atoms with Crippen molar-refractivity contribution in [3.63, 3.8) is 0 Å². The van der Waals surface area contributed by atoms with E-state index in [0.29, 0.717) is 12.1 Å². The Morgan fingerprint density at radius 2 is 1.82 bits per heavy atom. The summed E-state index contributed by atoms with van der Waals surface area (Å²) in [6.07, 6.45) is 3.84. The monoisotopic (exact) mass is 399 g/mol. The minimum absolute atomic E-state index is 0.00298. The number of nitrogens with one attached hydrogen (secondary N) is 3. The van der Waals surface area contributed by atoms with Gasteiger partial charge in [-0.2, -0.15) is 0 Å². The molecule has 4 rings (SSSR count). The van der Waals surface area contributed by atoms with Gasteiger partial charge in [0.25, 0.3) is 5.91 Å². The summed E-state index contributed by atoms with van der Waals surface area (Å²) in [5, 5.41) is 6.19. The van der Waals surface area contributed by atoms with E-state index in [0.717, 1.165) is 44.3 Å².